The molecule has 0 heterocycles. The van der Waals surface area contributed by atoms with Crippen LogP contribution in [0.2, 0.25) is 0 Å². The van der Waals surface area contributed by atoms with E-state index in [-0.39, 0.29) is 25.4 Å². The topological polar surface area (TPSA) is 84.9 Å². The largest absolute Gasteiger partial charge is 0.487 e. The summed E-state index contributed by atoms with van der Waals surface area (Å²) in [5.41, 5.74) is 5.74. The van der Waals surface area contributed by atoms with Gasteiger partial charge in [-0.05, 0) is 38.5 Å². The maximum absolute atomic E-state index is 9.73. The van der Waals surface area contributed by atoms with E-state index in [1.807, 2.05) is 20.8 Å². The van der Waals surface area contributed by atoms with Crippen molar-refractivity contribution in [3.63, 3.8) is 0 Å². The van der Waals surface area contributed by atoms with Gasteiger partial charge in [-0.15, -0.1) is 0 Å². The van der Waals surface area contributed by atoms with Crippen LogP contribution in [0.3, 0.4) is 0 Å². The first-order valence-corrected chi connectivity index (χ1v) is 6.32. The Morgan fingerprint density at radius 3 is 2.47 bits per heavy atom. The lowest BCUT2D eigenvalue weighted by Gasteiger charge is -2.24. The molecule has 1 rings (SSSR count). The third-order valence-corrected chi connectivity index (χ3v) is 2.34. The van der Waals surface area contributed by atoms with Crippen molar-refractivity contribution in [1.82, 2.24) is 0 Å². The molecule has 0 spiro atoms. The van der Waals surface area contributed by atoms with E-state index in [0.717, 1.165) is 0 Å². The summed E-state index contributed by atoms with van der Waals surface area (Å²) < 4.78 is 11.2. The maximum Gasteiger partial charge on any atom is 0.161 e. The second kappa shape index (κ2) is 6.75. The molecule has 0 fully saturated rings. The number of ether oxygens (including phenoxy) is 2. The third kappa shape index (κ3) is 5.06. The molecule has 0 bridgehead atoms. The molecular weight excluding hydrogens is 246 g/mol. The number of nitrogens with two attached hydrogens (primary N) is 1. The minimum absolute atomic E-state index is 0.0847. The third-order valence-electron chi connectivity index (χ3n) is 2.34. The van der Waals surface area contributed by atoms with E-state index in [2.05, 4.69) is 0 Å². The highest BCUT2D eigenvalue weighted by atomic mass is 16.5. The Kier molecular flexibility index (Phi) is 5.60. The summed E-state index contributed by atoms with van der Waals surface area (Å²) in [6.45, 7) is 6.03. The molecule has 0 aromatic heterocycles. The van der Waals surface area contributed by atoms with Crippen LogP contribution in [0.25, 0.3) is 0 Å². The fourth-order valence-corrected chi connectivity index (χ4v) is 1.55. The molecule has 5 nitrogen and oxygen atoms in total. The molecule has 0 aliphatic carbocycles. The van der Waals surface area contributed by atoms with Gasteiger partial charge in [-0.25, -0.2) is 0 Å². The van der Waals surface area contributed by atoms with E-state index in [0.29, 0.717) is 17.1 Å². The first-order chi connectivity index (χ1) is 8.87. The molecule has 1 aromatic rings. The van der Waals surface area contributed by atoms with Crippen molar-refractivity contribution >= 4 is 0 Å². The Morgan fingerprint density at radius 2 is 1.95 bits per heavy atom. The molecule has 4 N–H and O–H groups in total. The highest BCUT2D eigenvalue weighted by molar-refractivity contribution is 5.44. The summed E-state index contributed by atoms with van der Waals surface area (Å²) in [7, 11) is 0. The summed E-state index contributed by atoms with van der Waals surface area (Å²) in [5, 5.41) is 18.6. The number of aliphatic hydroxyl groups is 2. The summed E-state index contributed by atoms with van der Waals surface area (Å²) in [5.74, 6) is 1.07. The van der Waals surface area contributed by atoms with Crippen LogP contribution in [-0.4, -0.2) is 35.6 Å². The van der Waals surface area contributed by atoms with Crippen molar-refractivity contribution in [1.29, 1.82) is 0 Å². The molecule has 5 heteroatoms. The van der Waals surface area contributed by atoms with Crippen LogP contribution in [0.4, 0.5) is 0 Å². The lowest BCUT2D eigenvalue weighted by atomic mass is 10.1. The van der Waals surface area contributed by atoms with Gasteiger partial charge in [0.2, 0.25) is 0 Å². The lowest BCUT2D eigenvalue weighted by molar-refractivity contribution is 0.120. The number of hydrogen-bond acceptors (Lipinski definition) is 5. The average Bonchev–Trinajstić information content (AvgIpc) is 2.35. The minimum atomic E-state index is -0.736. The highest BCUT2D eigenvalue weighted by Crippen LogP contribution is 2.32. The van der Waals surface area contributed by atoms with Crippen LogP contribution >= 0.6 is 0 Å². The van der Waals surface area contributed by atoms with E-state index in [4.69, 9.17) is 20.3 Å². The van der Waals surface area contributed by atoms with Gasteiger partial charge in [0.15, 0.2) is 11.5 Å². The van der Waals surface area contributed by atoms with E-state index < -0.39 is 6.10 Å². The molecule has 0 aliphatic heterocycles. The highest BCUT2D eigenvalue weighted by Gasteiger charge is 2.17. The predicted molar refractivity (Wildman–Crippen MR) is 73.4 cm³/mol. The molecule has 0 saturated heterocycles. The zero-order valence-electron chi connectivity index (χ0n) is 11.7. The molecule has 0 saturated carbocycles. The summed E-state index contributed by atoms with van der Waals surface area (Å²) in [4.78, 5) is 0. The van der Waals surface area contributed by atoms with Crippen LogP contribution in [-0.2, 0) is 0 Å². The van der Waals surface area contributed by atoms with Crippen LogP contribution in [0.1, 0.15) is 32.4 Å². The Bertz CT molecular complexity index is 401. The Hall–Kier alpha value is -1.30. The summed E-state index contributed by atoms with van der Waals surface area (Å²) in [6, 6.07) is 5.19. The smallest absolute Gasteiger partial charge is 0.161 e. The van der Waals surface area contributed by atoms with Gasteiger partial charge in [0.1, 0.15) is 12.2 Å². The second-order valence-corrected chi connectivity index (χ2v) is 5.24. The second-order valence-electron chi connectivity index (χ2n) is 5.24. The normalized spacial score (nSPS) is 13.2. The lowest BCUT2D eigenvalue weighted by Crippen LogP contribution is -2.23. The van der Waals surface area contributed by atoms with Gasteiger partial charge < -0.3 is 25.4 Å². The van der Waals surface area contributed by atoms with Crippen molar-refractivity contribution < 1.29 is 19.7 Å². The van der Waals surface area contributed by atoms with Crippen molar-refractivity contribution in [2.75, 3.05) is 19.8 Å². The van der Waals surface area contributed by atoms with Crippen molar-refractivity contribution in [3.8, 4) is 11.5 Å². The first kappa shape index (κ1) is 15.8. The monoisotopic (exact) mass is 269 g/mol. The quantitative estimate of drug-likeness (QED) is 0.723. The summed E-state index contributed by atoms with van der Waals surface area (Å²) >= 11 is 0. The van der Waals surface area contributed by atoms with Crippen molar-refractivity contribution in [3.05, 3.63) is 23.8 Å². The standard InChI is InChI=1S/C14H23NO4/c1-14(2,3)19-12-5-4-10(11(17)9-15)8-13(12)18-7-6-16/h4-5,8,11,16-17H,6-7,9,15H2,1-3H3/t11-/m0/s1. The summed E-state index contributed by atoms with van der Waals surface area (Å²) in [6.07, 6.45) is -0.736. The molecule has 0 amide bonds. The van der Waals surface area contributed by atoms with E-state index in [1.54, 1.807) is 18.2 Å². The van der Waals surface area contributed by atoms with E-state index in [1.165, 1.54) is 0 Å². The molecular formula is C14H23NO4. The molecule has 1 atom stereocenters. The van der Waals surface area contributed by atoms with Gasteiger partial charge in [0, 0.05) is 6.54 Å². The SMILES string of the molecule is CC(C)(C)Oc1ccc([C@@H](O)CN)cc1OCCO. The zero-order valence-corrected chi connectivity index (χ0v) is 11.7. The van der Waals surface area contributed by atoms with Gasteiger partial charge in [0.25, 0.3) is 0 Å². The Balaban J connectivity index is 3.01. The molecule has 1 aromatic carbocycles. The molecule has 0 radical (unpaired) electrons. The van der Waals surface area contributed by atoms with Gasteiger partial charge in [-0.2, -0.15) is 0 Å². The van der Waals surface area contributed by atoms with Gasteiger partial charge >= 0.3 is 0 Å². The van der Waals surface area contributed by atoms with Crippen LogP contribution in [0, 0.1) is 0 Å². The van der Waals surface area contributed by atoms with Crippen molar-refractivity contribution in [2.24, 2.45) is 5.73 Å². The van der Waals surface area contributed by atoms with Crippen LogP contribution in [0.15, 0.2) is 18.2 Å². The number of rotatable bonds is 6. The fourth-order valence-electron chi connectivity index (χ4n) is 1.55. The Labute approximate surface area is 114 Å². The number of benzene rings is 1. The van der Waals surface area contributed by atoms with Crippen molar-refractivity contribution in [2.45, 2.75) is 32.5 Å². The van der Waals surface area contributed by atoms with Gasteiger partial charge in [0.05, 0.1) is 12.7 Å². The maximum atomic E-state index is 9.73. The number of hydrogen-bond donors (Lipinski definition) is 3. The fraction of sp³-hybridized carbons (Fsp3) is 0.571. The van der Waals surface area contributed by atoms with E-state index >= 15 is 0 Å². The molecule has 19 heavy (non-hydrogen) atoms. The van der Waals surface area contributed by atoms with Crippen LogP contribution < -0.4 is 15.2 Å². The Morgan fingerprint density at radius 1 is 1.26 bits per heavy atom. The molecule has 108 valence electrons. The van der Waals surface area contributed by atoms with Crippen LogP contribution in [0.5, 0.6) is 11.5 Å². The zero-order chi connectivity index (χ0) is 14.5. The van der Waals surface area contributed by atoms with Gasteiger partial charge in [-0.3, -0.25) is 0 Å². The van der Waals surface area contributed by atoms with E-state index in [9.17, 15) is 5.11 Å². The molecule has 0 aliphatic rings. The first-order valence-electron chi connectivity index (χ1n) is 6.32. The number of aliphatic hydroxyl groups excluding tert-OH is 2. The molecule has 0 unspecified atom stereocenters. The van der Waals surface area contributed by atoms with Gasteiger partial charge in [-0.1, -0.05) is 6.07 Å². The minimum Gasteiger partial charge on any atom is -0.487 e. The average molecular weight is 269 g/mol. The predicted octanol–water partition coefficient (Wildman–Crippen LogP) is 1.23.